The maximum atomic E-state index is 12.0. The fourth-order valence-electron chi connectivity index (χ4n) is 2.26. The first-order chi connectivity index (χ1) is 10.3. The van der Waals surface area contributed by atoms with Crippen LogP contribution < -0.4 is 15.4 Å². The number of benzene rings is 1. The minimum Gasteiger partial charge on any atom is -0.491 e. The summed E-state index contributed by atoms with van der Waals surface area (Å²) in [5, 5.41) is 5.95. The highest BCUT2D eigenvalue weighted by Gasteiger charge is 2.16. The van der Waals surface area contributed by atoms with Crippen LogP contribution in [0.4, 0.5) is 0 Å². The van der Waals surface area contributed by atoms with Crippen molar-refractivity contribution in [2.24, 2.45) is 0 Å². The molecule has 0 bridgehead atoms. The maximum Gasteiger partial charge on any atom is 0.251 e. The van der Waals surface area contributed by atoms with Gasteiger partial charge in [-0.2, -0.15) is 0 Å². The van der Waals surface area contributed by atoms with Gasteiger partial charge in [0.15, 0.2) is 0 Å². The highest BCUT2D eigenvalue weighted by atomic mass is 16.5. The molecule has 0 radical (unpaired) electrons. The predicted octanol–water partition coefficient (Wildman–Crippen LogP) is 1.58. The molecule has 21 heavy (non-hydrogen) atoms. The van der Waals surface area contributed by atoms with Crippen molar-refractivity contribution >= 4 is 5.91 Å². The van der Waals surface area contributed by atoms with E-state index in [1.165, 1.54) is 0 Å². The second-order valence-corrected chi connectivity index (χ2v) is 5.19. The molecule has 1 unspecified atom stereocenters. The van der Waals surface area contributed by atoms with E-state index in [9.17, 15) is 4.79 Å². The third-order valence-corrected chi connectivity index (χ3v) is 3.45. The molecule has 1 aromatic rings. The molecule has 0 aliphatic carbocycles. The van der Waals surface area contributed by atoms with Gasteiger partial charge in [0.2, 0.25) is 0 Å². The molecule has 1 amide bonds. The predicted molar refractivity (Wildman–Crippen MR) is 81.8 cm³/mol. The van der Waals surface area contributed by atoms with Gasteiger partial charge >= 0.3 is 0 Å². The summed E-state index contributed by atoms with van der Waals surface area (Å²) in [6, 6.07) is 7.29. The van der Waals surface area contributed by atoms with Crippen LogP contribution in [0.5, 0.6) is 5.75 Å². The van der Waals surface area contributed by atoms with Crippen molar-refractivity contribution in [2.75, 3.05) is 33.4 Å². The summed E-state index contributed by atoms with van der Waals surface area (Å²) < 4.78 is 11.2. The first kappa shape index (κ1) is 15.8. The number of carbonyl (C=O) groups excluding carboxylic acids is 1. The maximum absolute atomic E-state index is 12.0. The quantitative estimate of drug-likeness (QED) is 0.714. The van der Waals surface area contributed by atoms with Crippen molar-refractivity contribution in [3.05, 3.63) is 29.8 Å². The van der Waals surface area contributed by atoms with Crippen molar-refractivity contribution in [1.82, 2.24) is 10.6 Å². The first-order valence-corrected chi connectivity index (χ1v) is 7.57. The minimum absolute atomic E-state index is 0.0614. The second kappa shape index (κ2) is 8.64. The molecular formula is C16H24N2O3. The Labute approximate surface area is 126 Å². The Morgan fingerprint density at radius 3 is 3.10 bits per heavy atom. The van der Waals surface area contributed by atoms with E-state index in [1.54, 1.807) is 12.1 Å². The summed E-state index contributed by atoms with van der Waals surface area (Å²) >= 11 is 0. The van der Waals surface area contributed by atoms with Crippen molar-refractivity contribution in [1.29, 1.82) is 0 Å². The minimum atomic E-state index is -0.0614. The van der Waals surface area contributed by atoms with Crippen molar-refractivity contribution in [3.8, 4) is 5.75 Å². The van der Waals surface area contributed by atoms with Crippen molar-refractivity contribution in [2.45, 2.75) is 25.4 Å². The Morgan fingerprint density at radius 2 is 2.33 bits per heavy atom. The highest BCUT2D eigenvalue weighted by Crippen LogP contribution is 2.17. The molecule has 2 N–H and O–H groups in total. The Kier molecular flexibility index (Phi) is 6.50. The zero-order valence-electron chi connectivity index (χ0n) is 12.6. The van der Waals surface area contributed by atoms with Crippen LogP contribution in [0.2, 0.25) is 0 Å². The van der Waals surface area contributed by atoms with Gasteiger partial charge in [0, 0.05) is 18.7 Å². The number of carbonyl (C=O) groups is 1. The van der Waals surface area contributed by atoms with Crippen LogP contribution in [0.3, 0.4) is 0 Å². The smallest absolute Gasteiger partial charge is 0.251 e. The SMILES string of the molecule is CNCCCNC(=O)c1cccc(OCC2CCCO2)c1. The van der Waals surface area contributed by atoms with Crippen LogP contribution in [0.25, 0.3) is 0 Å². The van der Waals surface area contributed by atoms with E-state index in [2.05, 4.69) is 10.6 Å². The van der Waals surface area contributed by atoms with Gasteiger partial charge in [-0.3, -0.25) is 4.79 Å². The average molecular weight is 292 g/mol. The Bertz CT molecular complexity index is 445. The van der Waals surface area contributed by atoms with E-state index >= 15 is 0 Å². The summed E-state index contributed by atoms with van der Waals surface area (Å²) in [4.78, 5) is 12.0. The average Bonchev–Trinajstić information content (AvgIpc) is 3.03. The summed E-state index contributed by atoms with van der Waals surface area (Å²) in [6.07, 6.45) is 3.25. The number of rotatable bonds is 8. The van der Waals surface area contributed by atoms with Crippen molar-refractivity contribution < 1.29 is 14.3 Å². The van der Waals surface area contributed by atoms with Crippen LogP contribution in [0.15, 0.2) is 24.3 Å². The monoisotopic (exact) mass is 292 g/mol. The summed E-state index contributed by atoms with van der Waals surface area (Å²) in [5.74, 6) is 0.655. The van der Waals surface area contributed by atoms with Crippen LogP contribution in [-0.2, 0) is 4.74 Å². The molecule has 116 valence electrons. The lowest BCUT2D eigenvalue weighted by Crippen LogP contribution is -2.26. The number of hydrogen-bond acceptors (Lipinski definition) is 4. The van der Waals surface area contributed by atoms with E-state index < -0.39 is 0 Å². The Morgan fingerprint density at radius 1 is 1.43 bits per heavy atom. The largest absolute Gasteiger partial charge is 0.491 e. The molecule has 1 aliphatic heterocycles. The molecule has 5 heteroatoms. The van der Waals surface area contributed by atoms with Gasteiger partial charge in [0.05, 0.1) is 6.10 Å². The molecule has 0 aromatic heterocycles. The van der Waals surface area contributed by atoms with E-state index in [0.29, 0.717) is 24.5 Å². The lowest BCUT2D eigenvalue weighted by molar-refractivity contribution is 0.0679. The molecule has 1 fully saturated rings. The number of ether oxygens (including phenoxy) is 2. The topological polar surface area (TPSA) is 59.6 Å². The van der Waals surface area contributed by atoms with Gasteiger partial charge in [-0.05, 0) is 51.1 Å². The first-order valence-electron chi connectivity index (χ1n) is 7.57. The van der Waals surface area contributed by atoms with Crippen LogP contribution in [0.1, 0.15) is 29.6 Å². The van der Waals surface area contributed by atoms with Crippen LogP contribution in [-0.4, -0.2) is 45.4 Å². The van der Waals surface area contributed by atoms with Crippen LogP contribution >= 0.6 is 0 Å². The fraction of sp³-hybridized carbons (Fsp3) is 0.562. The molecule has 1 saturated heterocycles. The van der Waals surface area contributed by atoms with Crippen LogP contribution in [0, 0.1) is 0 Å². The molecule has 1 aliphatic rings. The Balaban J connectivity index is 1.80. The van der Waals surface area contributed by atoms with E-state index in [1.807, 2.05) is 19.2 Å². The standard InChI is InChI=1S/C16H24N2O3/c1-17-8-4-9-18-16(19)13-5-2-6-14(11-13)21-12-15-7-3-10-20-15/h2,5-6,11,15,17H,3-4,7-10,12H2,1H3,(H,18,19). The van der Waals surface area contributed by atoms with E-state index in [-0.39, 0.29) is 12.0 Å². The van der Waals surface area contributed by atoms with Gasteiger partial charge in [0.1, 0.15) is 12.4 Å². The second-order valence-electron chi connectivity index (χ2n) is 5.19. The summed E-state index contributed by atoms with van der Waals surface area (Å²) in [7, 11) is 1.90. The zero-order valence-corrected chi connectivity index (χ0v) is 12.6. The number of amides is 1. The van der Waals surface area contributed by atoms with Gasteiger partial charge in [-0.1, -0.05) is 6.07 Å². The molecule has 5 nitrogen and oxygen atoms in total. The van der Waals surface area contributed by atoms with Gasteiger partial charge in [-0.15, -0.1) is 0 Å². The van der Waals surface area contributed by atoms with Gasteiger partial charge < -0.3 is 20.1 Å². The molecular weight excluding hydrogens is 268 g/mol. The Hall–Kier alpha value is -1.59. The molecule has 0 spiro atoms. The van der Waals surface area contributed by atoms with Gasteiger partial charge in [-0.25, -0.2) is 0 Å². The summed E-state index contributed by atoms with van der Waals surface area (Å²) in [6.45, 7) is 2.93. The number of nitrogens with one attached hydrogen (secondary N) is 2. The van der Waals surface area contributed by atoms with Crippen molar-refractivity contribution in [3.63, 3.8) is 0 Å². The molecule has 2 rings (SSSR count). The molecule has 1 atom stereocenters. The molecule has 1 aromatic carbocycles. The third kappa shape index (κ3) is 5.36. The van der Waals surface area contributed by atoms with Gasteiger partial charge in [0.25, 0.3) is 5.91 Å². The lowest BCUT2D eigenvalue weighted by Gasteiger charge is -2.12. The zero-order chi connectivity index (χ0) is 14.9. The summed E-state index contributed by atoms with van der Waals surface area (Å²) in [5.41, 5.74) is 0.629. The third-order valence-electron chi connectivity index (χ3n) is 3.45. The molecule has 0 saturated carbocycles. The van der Waals surface area contributed by atoms with E-state index in [0.717, 1.165) is 32.4 Å². The molecule has 1 heterocycles. The number of hydrogen-bond donors (Lipinski definition) is 2. The fourth-order valence-corrected chi connectivity index (χ4v) is 2.26. The normalized spacial score (nSPS) is 17.7. The van der Waals surface area contributed by atoms with E-state index in [4.69, 9.17) is 9.47 Å². The highest BCUT2D eigenvalue weighted by molar-refractivity contribution is 5.94. The lowest BCUT2D eigenvalue weighted by atomic mass is 10.2.